The largest absolute Gasteiger partial charge is 0.436 e. The Bertz CT molecular complexity index is 654. The Labute approximate surface area is 129 Å². The number of rotatable bonds is 3. The van der Waals surface area contributed by atoms with Crippen LogP contribution >= 0.6 is 43.5 Å². The number of nitro groups is 1. The number of benzene rings is 1. The highest BCUT2D eigenvalue weighted by molar-refractivity contribution is 9.11. The van der Waals surface area contributed by atoms with Crippen LogP contribution in [0.2, 0.25) is 5.28 Å². The molecule has 1 aromatic heterocycles. The van der Waals surface area contributed by atoms with E-state index in [-0.39, 0.29) is 27.1 Å². The monoisotopic (exact) mass is 407 g/mol. The Kier molecular flexibility index (Phi) is 4.33. The van der Waals surface area contributed by atoms with E-state index < -0.39 is 4.92 Å². The first-order chi connectivity index (χ1) is 8.99. The zero-order valence-corrected chi connectivity index (χ0v) is 12.9. The summed E-state index contributed by atoms with van der Waals surface area (Å²) in [5.74, 6) is 0.422. The summed E-state index contributed by atoms with van der Waals surface area (Å²) in [5, 5.41) is 10.8. The molecule has 9 heteroatoms. The van der Waals surface area contributed by atoms with E-state index in [0.717, 1.165) is 0 Å². The number of nitrogens with zero attached hydrogens (tertiary/aromatic N) is 3. The van der Waals surface area contributed by atoms with Crippen molar-refractivity contribution in [2.75, 3.05) is 0 Å². The van der Waals surface area contributed by atoms with Crippen molar-refractivity contribution in [3.05, 3.63) is 48.7 Å². The Balaban J connectivity index is 2.41. The highest BCUT2D eigenvalue weighted by Gasteiger charge is 2.17. The molecule has 1 heterocycles. The van der Waals surface area contributed by atoms with Gasteiger partial charge in [0.2, 0.25) is 11.2 Å². The molecule has 0 aliphatic carbocycles. The Morgan fingerprint density at radius 2 is 2.11 bits per heavy atom. The first kappa shape index (κ1) is 14.2. The zero-order chi connectivity index (χ0) is 14.0. The summed E-state index contributed by atoms with van der Waals surface area (Å²) in [6.45, 7) is 0. The molecule has 0 atom stereocenters. The highest BCUT2D eigenvalue weighted by Crippen LogP contribution is 2.37. The molecular weight excluding hydrogens is 405 g/mol. The van der Waals surface area contributed by atoms with Crippen LogP contribution in [0.1, 0.15) is 0 Å². The van der Waals surface area contributed by atoms with Crippen LogP contribution < -0.4 is 4.74 Å². The Morgan fingerprint density at radius 3 is 2.79 bits per heavy atom. The van der Waals surface area contributed by atoms with Crippen molar-refractivity contribution in [2.45, 2.75) is 0 Å². The zero-order valence-electron chi connectivity index (χ0n) is 9.01. The van der Waals surface area contributed by atoms with Gasteiger partial charge in [-0.15, -0.1) is 0 Å². The predicted molar refractivity (Wildman–Crippen MR) is 75.6 cm³/mol. The summed E-state index contributed by atoms with van der Waals surface area (Å²) >= 11 is 12.0. The third-order valence-electron chi connectivity index (χ3n) is 2.03. The molecule has 19 heavy (non-hydrogen) atoms. The van der Waals surface area contributed by atoms with E-state index in [1.165, 1.54) is 18.3 Å². The second-order valence-corrected chi connectivity index (χ2v) is 5.23. The minimum absolute atomic E-state index is 0.0137. The average molecular weight is 409 g/mol. The molecule has 2 rings (SSSR count). The van der Waals surface area contributed by atoms with Gasteiger partial charge in [-0.05, 0) is 49.5 Å². The van der Waals surface area contributed by atoms with E-state index in [2.05, 4.69) is 41.8 Å². The normalized spacial score (nSPS) is 10.3. The van der Waals surface area contributed by atoms with Crippen LogP contribution in [0.4, 0.5) is 5.69 Å². The molecule has 0 N–H and O–H groups in total. The molecule has 0 unspecified atom stereocenters. The predicted octanol–water partition coefficient (Wildman–Crippen LogP) is 4.36. The minimum Gasteiger partial charge on any atom is -0.436 e. The maximum atomic E-state index is 10.8. The van der Waals surface area contributed by atoms with Gasteiger partial charge in [0, 0.05) is 12.3 Å². The molecule has 0 amide bonds. The van der Waals surface area contributed by atoms with Crippen molar-refractivity contribution in [3.8, 4) is 11.6 Å². The number of aromatic nitrogens is 2. The lowest BCUT2D eigenvalue weighted by molar-refractivity contribution is -0.385. The Morgan fingerprint density at radius 1 is 1.37 bits per heavy atom. The number of nitro benzene ring substituents is 1. The second-order valence-electron chi connectivity index (χ2n) is 3.24. The fourth-order valence-electron chi connectivity index (χ4n) is 1.23. The molecule has 1 aromatic carbocycles. The number of hydrogen-bond donors (Lipinski definition) is 0. The van der Waals surface area contributed by atoms with Crippen molar-refractivity contribution in [1.29, 1.82) is 0 Å². The van der Waals surface area contributed by atoms with E-state index in [1.807, 2.05) is 0 Å². The minimum atomic E-state index is -0.515. The van der Waals surface area contributed by atoms with E-state index in [9.17, 15) is 10.1 Å². The molecule has 0 bridgehead atoms. The first-order valence-electron chi connectivity index (χ1n) is 4.78. The van der Waals surface area contributed by atoms with Gasteiger partial charge in [0.1, 0.15) is 4.47 Å². The van der Waals surface area contributed by atoms with Gasteiger partial charge >= 0.3 is 0 Å². The standard InChI is InChI=1S/C10H4Br2ClN3O3/c11-5-4-14-10(13)15-9(5)19-7-3-1-2-6(8(7)12)16(17)18/h1-4H. The maximum absolute atomic E-state index is 10.8. The highest BCUT2D eigenvalue weighted by atomic mass is 79.9. The molecule has 0 aliphatic heterocycles. The molecule has 6 nitrogen and oxygen atoms in total. The quantitative estimate of drug-likeness (QED) is 0.428. The van der Waals surface area contributed by atoms with Gasteiger partial charge in [0.25, 0.3) is 5.69 Å². The first-order valence-corrected chi connectivity index (χ1v) is 6.74. The molecular formula is C10H4Br2ClN3O3. The summed E-state index contributed by atoms with van der Waals surface area (Å²) < 4.78 is 6.18. The van der Waals surface area contributed by atoms with Gasteiger partial charge in [-0.2, -0.15) is 4.98 Å². The Hall–Kier alpha value is -1.25. The molecule has 0 aliphatic rings. The topological polar surface area (TPSA) is 78.2 Å². The third kappa shape index (κ3) is 3.20. The van der Waals surface area contributed by atoms with E-state index in [0.29, 0.717) is 4.47 Å². The van der Waals surface area contributed by atoms with Gasteiger partial charge in [-0.25, -0.2) is 4.98 Å². The second kappa shape index (κ2) is 5.81. The third-order valence-corrected chi connectivity index (χ3v) is 3.55. The lowest BCUT2D eigenvalue weighted by atomic mass is 10.3. The van der Waals surface area contributed by atoms with Crippen LogP contribution in [-0.4, -0.2) is 14.9 Å². The van der Waals surface area contributed by atoms with Crippen molar-refractivity contribution in [3.63, 3.8) is 0 Å². The molecule has 2 aromatic rings. The van der Waals surface area contributed by atoms with Gasteiger partial charge < -0.3 is 4.74 Å². The van der Waals surface area contributed by atoms with Crippen molar-refractivity contribution in [2.24, 2.45) is 0 Å². The lowest BCUT2D eigenvalue weighted by Crippen LogP contribution is -1.95. The number of ether oxygens (including phenoxy) is 1. The molecule has 0 spiro atoms. The van der Waals surface area contributed by atoms with Crippen LogP contribution in [0.15, 0.2) is 33.3 Å². The van der Waals surface area contributed by atoms with Crippen LogP contribution in [0.5, 0.6) is 11.6 Å². The van der Waals surface area contributed by atoms with Crippen LogP contribution in [0.3, 0.4) is 0 Å². The van der Waals surface area contributed by atoms with Crippen molar-refractivity contribution in [1.82, 2.24) is 9.97 Å². The molecule has 98 valence electrons. The fraction of sp³-hybridized carbons (Fsp3) is 0. The summed E-state index contributed by atoms with van der Waals surface area (Å²) in [7, 11) is 0. The maximum Gasteiger partial charge on any atom is 0.287 e. The van der Waals surface area contributed by atoms with E-state index in [4.69, 9.17) is 16.3 Å². The number of halogens is 3. The molecule has 0 radical (unpaired) electrons. The summed E-state index contributed by atoms with van der Waals surface area (Å²) in [6.07, 6.45) is 1.43. The van der Waals surface area contributed by atoms with Crippen LogP contribution in [-0.2, 0) is 0 Å². The molecule has 0 saturated heterocycles. The van der Waals surface area contributed by atoms with Gasteiger partial charge in [0.15, 0.2) is 5.75 Å². The van der Waals surface area contributed by atoms with E-state index >= 15 is 0 Å². The summed E-state index contributed by atoms with van der Waals surface area (Å²) in [4.78, 5) is 17.9. The molecule has 0 saturated carbocycles. The lowest BCUT2D eigenvalue weighted by Gasteiger charge is -2.08. The van der Waals surface area contributed by atoms with Crippen LogP contribution in [0.25, 0.3) is 0 Å². The molecule has 0 fully saturated rings. The van der Waals surface area contributed by atoms with E-state index in [1.54, 1.807) is 6.07 Å². The summed E-state index contributed by atoms with van der Waals surface area (Å²) in [5.41, 5.74) is -0.103. The van der Waals surface area contributed by atoms with Gasteiger partial charge in [-0.1, -0.05) is 6.07 Å². The van der Waals surface area contributed by atoms with Crippen LogP contribution in [0, 0.1) is 10.1 Å². The average Bonchev–Trinajstić information content (AvgIpc) is 2.36. The van der Waals surface area contributed by atoms with Gasteiger partial charge in [-0.3, -0.25) is 10.1 Å². The number of hydrogen-bond acceptors (Lipinski definition) is 5. The fourth-order valence-corrected chi connectivity index (χ4v) is 2.11. The van der Waals surface area contributed by atoms with Crippen molar-refractivity contribution < 1.29 is 9.66 Å². The smallest absolute Gasteiger partial charge is 0.287 e. The summed E-state index contributed by atoms with van der Waals surface area (Å²) in [6, 6.07) is 4.44. The SMILES string of the molecule is O=[N+]([O-])c1cccc(Oc2nc(Cl)ncc2Br)c1Br. The van der Waals surface area contributed by atoms with Gasteiger partial charge in [0.05, 0.1) is 9.40 Å². The van der Waals surface area contributed by atoms with Crippen molar-refractivity contribution >= 4 is 49.1 Å².